The van der Waals surface area contributed by atoms with Gasteiger partial charge in [-0.3, -0.25) is 4.79 Å². The minimum atomic E-state index is -0.528. The van der Waals surface area contributed by atoms with Gasteiger partial charge in [-0.2, -0.15) is 0 Å². The molecule has 5 heteroatoms. The lowest BCUT2D eigenvalue weighted by atomic mass is 10.0. The van der Waals surface area contributed by atoms with Gasteiger partial charge in [0.05, 0.1) is 24.8 Å². The number of halogens is 1. The summed E-state index contributed by atoms with van der Waals surface area (Å²) in [7, 11) is 1.31. The zero-order valence-corrected chi connectivity index (χ0v) is 16.4. The summed E-state index contributed by atoms with van der Waals surface area (Å²) in [4.78, 5) is 24.7. The van der Waals surface area contributed by atoms with Crippen molar-refractivity contribution in [2.45, 2.75) is 13.3 Å². The van der Waals surface area contributed by atoms with Crippen molar-refractivity contribution in [2.24, 2.45) is 0 Å². The van der Waals surface area contributed by atoms with Crippen molar-refractivity contribution < 1.29 is 14.3 Å². The molecule has 3 rings (SSSR count). The van der Waals surface area contributed by atoms with Crippen LogP contribution in [0.1, 0.15) is 21.5 Å². The number of carbonyl (C=O) groups is 2. The average molecular weight is 394 g/mol. The summed E-state index contributed by atoms with van der Waals surface area (Å²) in [5, 5.41) is 3.40. The van der Waals surface area contributed by atoms with Gasteiger partial charge in [0, 0.05) is 10.6 Å². The molecule has 0 saturated heterocycles. The third kappa shape index (κ3) is 4.59. The number of benzene rings is 3. The van der Waals surface area contributed by atoms with E-state index in [0.717, 1.165) is 22.3 Å². The Hall–Kier alpha value is -3.11. The van der Waals surface area contributed by atoms with E-state index in [1.807, 2.05) is 61.5 Å². The average Bonchev–Trinajstić information content (AvgIpc) is 2.68. The molecule has 0 unspecified atom stereocenters. The fraction of sp³-hybridized carbons (Fsp3) is 0.130. The number of esters is 1. The highest BCUT2D eigenvalue weighted by molar-refractivity contribution is 6.33. The summed E-state index contributed by atoms with van der Waals surface area (Å²) in [5.74, 6) is -0.738. The molecule has 0 spiro atoms. The maximum Gasteiger partial charge on any atom is 0.339 e. The smallest absolute Gasteiger partial charge is 0.339 e. The molecule has 3 aromatic carbocycles. The second kappa shape index (κ2) is 8.72. The van der Waals surface area contributed by atoms with Crippen LogP contribution in [-0.4, -0.2) is 19.0 Å². The SMILES string of the molecule is COC(=O)c1cc(-c2ccc(C)cc2Cl)ccc1NC(=O)Cc1ccccc1. The van der Waals surface area contributed by atoms with Crippen molar-refractivity contribution >= 4 is 29.2 Å². The number of amides is 1. The Balaban J connectivity index is 1.91. The first-order chi connectivity index (χ1) is 13.5. The van der Waals surface area contributed by atoms with E-state index in [-0.39, 0.29) is 17.9 Å². The lowest BCUT2D eigenvalue weighted by molar-refractivity contribution is -0.115. The van der Waals surface area contributed by atoms with Crippen LogP contribution < -0.4 is 5.32 Å². The van der Waals surface area contributed by atoms with E-state index >= 15 is 0 Å². The Kier molecular flexibility index (Phi) is 6.12. The predicted octanol–water partition coefficient (Wildman–Crippen LogP) is 5.28. The van der Waals surface area contributed by atoms with E-state index in [2.05, 4.69) is 5.32 Å². The van der Waals surface area contributed by atoms with Crippen LogP contribution in [0.4, 0.5) is 5.69 Å². The second-order valence-electron chi connectivity index (χ2n) is 6.45. The van der Waals surface area contributed by atoms with Crippen molar-refractivity contribution in [3.8, 4) is 11.1 Å². The molecule has 0 aromatic heterocycles. The number of hydrogen-bond acceptors (Lipinski definition) is 3. The molecule has 0 radical (unpaired) electrons. The van der Waals surface area contributed by atoms with Gasteiger partial charge in [-0.15, -0.1) is 0 Å². The van der Waals surface area contributed by atoms with E-state index in [4.69, 9.17) is 16.3 Å². The summed E-state index contributed by atoms with van der Waals surface area (Å²) < 4.78 is 4.89. The largest absolute Gasteiger partial charge is 0.465 e. The fourth-order valence-corrected chi connectivity index (χ4v) is 3.27. The highest BCUT2D eigenvalue weighted by Crippen LogP contribution is 2.31. The molecule has 1 N–H and O–H groups in total. The Morgan fingerprint density at radius 2 is 1.75 bits per heavy atom. The molecule has 0 bridgehead atoms. The van der Waals surface area contributed by atoms with Gasteiger partial charge in [-0.1, -0.05) is 60.1 Å². The molecule has 0 heterocycles. The van der Waals surface area contributed by atoms with Gasteiger partial charge in [0.1, 0.15) is 0 Å². The van der Waals surface area contributed by atoms with Gasteiger partial charge in [-0.25, -0.2) is 4.79 Å². The molecule has 3 aromatic rings. The molecular weight excluding hydrogens is 374 g/mol. The quantitative estimate of drug-likeness (QED) is 0.600. The molecule has 142 valence electrons. The van der Waals surface area contributed by atoms with Crippen molar-refractivity contribution in [1.82, 2.24) is 0 Å². The maximum absolute atomic E-state index is 12.4. The van der Waals surface area contributed by atoms with Crippen LogP contribution in [0.3, 0.4) is 0 Å². The maximum atomic E-state index is 12.4. The van der Waals surface area contributed by atoms with E-state index in [1.165, 1.54) is 7.11 Å². The number of rotatable bonds is 5. The number of carbonyl (C=O) groups excluding carboxylic acids is 2. The Morgan fingerprint density at radius 3 is 2.43 bits per heavy atom. The molecule has 0 aliphatic rings. The van der Waals surface area contributed by atoms with Crippen LogP contribution in [0, 0.1) is 6.92 Å². The zero-order chi connectivity index (χ0) is 20.1. The summed E-state index contributed by atoms with van der Waals surface area (Å²) in [6.45, 7) is 1.96. The Labute approximate surface area is 169 Å². The van der Waals surface area contributed by atoms with Crippen molar-refractivity contribution in [2.75, 3.05) is 12.4 Å². The zero-order valence-electron chi connectivity index (χ0n) is 15.7. The molecule has 0 aliphatic heterocycles. The standard InChI is InChI=1S/C23H20ClNO3/c1-15-8-10-18(20(24)12-15)17-9-11-21(19(14-17)23(27)28-2)25-22(26)13-16-6-4-3-5-7-16/h3-12,14H,13H2,1-2H3,(H,25,26). The number of anilines is 1. The minimum Gasteiger partial charge on any atom is -0.465 e. The predicted molar refractivity (Wildman–Crippen MR) is 112 cm³/mol. The number of aryl methyl sites for hydroxylation is 1. The number of nitrogens with one attached hydrogen (secondary N) is 1. The van der Waals surface area contributed by atoms with Gasteiger partial charge in [0.2, 0.25) is 5.91 Å². The topological polar surface area (TPSA) is 55.4 Å². The highest BCUT2D eigenvalue weighted by Gasteiger charge is 2.16. The van der Waals surface area contributed by atoms with Crippen molar-refractivity contribution in [3.05, 3.63) is 88.4 Å². The molecule has 1 amide bonds. The molecule has 0 fully saturated rings. The van der Waals surface area contributed by atoms with Gasteiger partial charge in [0.15, 0.2) is 0 Å². The Bertz CT molecular complexity index is 1020. The second-order valence-corrected chi connectivity index (χ2v) is 6.85. The first-order valence-electron chi connectivity index (χ1n) is 8.80. The summed E-state index contributed by atoms with van der Waals surface area (Å²) >= 11 is 6.36. The van der Waals surface area contributed by atoms with E-state index in [9.17, 15) is 9.59 Å². The number of hydrogen-bond donors (Lipinski definition) is 1. The first-order valence-corrected chi connectivity index (χ1v) is 9.18. The highest BCUT2D eigenvalue weighted by atomic mass is 35.5. The van der Waals surface area contributed by atoms with E-state index in [1.54, 1.807) is 12.1 Å². The summed E-state index contributed by atoms with van der Waals surface area (Å²) in [6.07, 6.45) is 0.215. The molecule has 0 atom stereocenters. The van der Waals surface area contributed by atoms with Crippen LogP contribution >= 0.6 is 11.6 Å². The molecular formula is C23H20ClNO3. The molecule has 0 saturated carbocycles. The van der Waals surface area contributed by atoms with Crippen LogP contribution in [-0.2, 0) is 16.0 Å². The van der Waals surface area contributed by atoms with Gasteiger partial charge < -0.3 is 10.1 Å². The lowest BCUT2D eigenvalue weighted by Gasteiger charge is -2.13. The van der Waals surface area contributed by atoms with Gasteiger partial charge >= 0.3 is 5.97 Å². The van der Waals surface area contributed by atoms with Gasteiger partial charge in [0.25, 0.3) is 0 Å². The lowest BCUT2D eigenvalue weighted by Crippen LogP contribution is -2.17. The van der Waals surface area contributed by atoms with Gasteiger partial charge in [-0.05, 0) is 41.8 Å². The number of ether oxygens (including phenoxy) is 1. The van der Waals surface area contributed by atoms with Crippen LogP contribution in [0.2, 0.25) is 5.02 Å². The normalized spacial score (nSPS) is 10.4. The monoisotopic (exact) mass is 393 g/mol. The van der Waals surface area contributed by atoms with E-state index < -0.39 is 5.97 Å². The van der Waals surface area contributed by atoms with Crippen molar-refractivity contribution in [1.29, 1.82) is 0 Å². The van der Waals surface area contributed by atoms with Crippen LogP contribution in [0.5, 0.6) is 0 Å². The van der Waals surface area contributed by atoms with Crippen molar-refractivity contribution in [3.63, 3.8) is 0 Å². The third-order valence-corrected chi connectivity index (χ3v) is 4.65. The first kappa shape index (κ1) is 19.6. The molecule has 4 nitrogen and oxygen atoms in total. The third-order valence-electron chi connectivity index (χ3n) is 4.34. The molecule has 0 aliphatic carbocycles. The Morgan fingerprint density at radius 1 is 1.00 bits per heavy atom. The number of methoxy groups -OCH3 is 1. The summed E-state index contributed by atoms with van der Waals surface area (Å²) in [5.41, 5.74) is 4.19. The molecule has 28 heavy (non-hydrogen) atoms. The van der Waals surface area contributed by atoms with Crippen LogP contribution in [0.25, 0.3) is 11.1 Å². The fourth-order valence-electron chi connectivity index (χ4n) is 2.93. The summed E-state index contributed by atoms with van der Waals surface area (Å²) in [6, 6.07) is 20.3. The minimum absolute atomic E-state index is 0.211. The van der Waals surface area contributed by atoms with Crippen LogP contribution in [0.15, 0.2) is 66.7 Å². The van der Waals surface area contributed by atoms with E-state index in [0.29, 0.717) is 10.7 Å².